The predicted octanol–water partition coefficient (Wildman–Crippen LogP) is 1.75. The number of hydrogen-bond acceptors (Lipinski definition) is 8. The summed E-state index contributed by atoms with van der Waals surface area (Å²) in [5, 5.41) is 18.9. The zero-order valence-electron chi connectivity index (χ0n) is 18.5. The fourth-order valence-corrected chi connectivity index (χ4v) is 3.90. The van der Waals surface area contributed by atoms with Gasteiger partial charge in [-0.15, -0.1) is 0 Å². The Morgan fingerprint density at radius 2 is 1.91 bits per heavy atom. The monoisotopic (exact) mass is 469 g/mol. The molecule has 2 aromatic carbocycles. The number of ether oxygens (including phenoxy) is 4. The van der Waals surface area contributed by atoms with Crippen molar-refractivity contribution in [2.45, 2.75) is 18.6 Å². The van der Waals surface area contributed by atoms with Crippen LogP contribution in [0.25, 0.3) is 6.08 Å². The Morgan fingerprint density at radius 1 is 1.15 bits per heavy atom. The van der Waals surface area contributed by atoms with Crippen molar-refractivity contribution in [3.05, 3.63) is 53.3 Å². The molecule has 1 fully saturated rings. The number of rotatable bonds is 7. The Labute approximate surface area is 194 Å². The smallest absolute Gasteiger partial charge is 0.326 e. The number of Topliss-reactive ketones (excluding diaryl/α,β-unsaturated/α-hetero) is 1. The normalized spacial score (nSPS) is 20.1. The minimum atomic E-state index is -1.18. The van der Waals surface area contributed by atoms with Crippen LogP contribution in [0.3, 0.4) is 0 Å². The molecule has 34 heavy (non-hydrogen) atoms. The van der Waals surface area contributed by atoms with Gasteiger partial charge in [0.1, 0.15) is 17.5 Å². The quantitative estimate of drug-likeness (QED) is 0.582. The number of aliphatic hydroxyl groups excluding tert-OH is 1. The van der Waals surface area contributed by atoms with E-state index < -0.39 is 30.6 Å². The average molecular weight is 469 g/mol. The van der Waals surface area contributed by atoms with E-state index in [2.05, 4.69) is 0 Å². The number of allylic oxidation sites excluding steroid dienone is 1. The standard InChI is InChI=1S/C24H23NO9/c1-31-18-6-3-13(7-20(18)32-2)8-21-23(28)16-5-4-15(10-19(16)34-21)33-12-22(27)25-11-14(26)9-17(25)24(29)30/h3-8,10,14,17,26H,9,11-12H2,1-2H3,(H,29,30)/t14-,17-/m0/s1. The van der Waals surface area contributed by atoms with Crippen molar-refractivity contribution >= 4 is 23.7 Å². The number of amides is 1. The minimum Gasteiger partial charge on any atom is -0.493 e. The maximum absolute atomic E-state index is 12.7. The SMILES string of the molecule is COc1ccc(C=C2Oc3cc(OCC(=O)N4C[C@@H](O)C[C@H]4C(=O)O)ccc3C2=O)cc1OC. The summed E-state index contributed by atoms with van der Waals surface area (Å²) in [4.78, 5) is 37.6. The number of methoxy groups -OCH3 is 2. The zero-order valence-corrected chi connectivity index (χ0v) is 18.5. The van der Waals surface area contributed by atoms with E-state index in [4.69, 9.17) is 18.9 Å². The second-order valence-electron chi connectivity index (χ2n) is 7.79. The van der Waals surface area contributed by atoms with E-state index in [1.165, 1.54) is 32.4 Å². The van der Waals surface area contributed by atoms with Crippen molar-refractivity contribution in [1.29, 1.82) is 0 Å². The van der Waals surface area contributed by atoms with Crippen LogP contribution in [-0.2, 0) is 9.59 Å². The Morgan fingerprint density at radius 3 is 2.62 bits per heavy atom. The number of aliphatic hydroxyl groups is 1. The number of likely N-dealkylation sites (tertiary alicyclic amines) is 1. The molecule has 4 rings (SSSR count). The molecule has 2 atom stereocenters. The first-order chi connectivity index (χ1) is 16.3. The van der Waals surface area contributed by atoms with Crippen LogP contribution < -0.4 is 18.9 Å². The number of carbonyl (C=O) groups excluding carboxylic acids is 2. The number of carbonyl (C=O) groups is 3. The molecule has 2 heterocycles. The molecule has 0 aliphatic carbocycles. The number of benzene rings is 2. The lowest BCUT2D eigenvalue weighted by molar-refractivity contribution is -0.148. The fourth-order valence-electron chi connectivity index (χ4n) is 3.90. The highest BCUT2D eigenvalue weighted by atomic mass is 16.5. The molecular weight excluding hydrogens is 446 g/mol. The molecule has 1 amide bonds. The first kappa shape index (κ1) is 23.1. The van der Waals surface area contributed by atoms with Crippen LogP contribution in [0.2, 0.25) is 0 Å². The van der Waals surface area contributed by atoms with Crippen molar-refractivity contribution < 1.29 is 43.5 Å². The van der Waals surface area contributed by atoms with Crippen LogP contribution in [0.4, 0.5) is 0 Å². The molecule has 178 valence electrons. The molecule has 2 aliphatic rings. The molecule has 10 nitrogen and oxygen atoms in total. The molecule has 1 saturated heterocycles. The van der Waals surface area contributed by atoms with E-state index in [-0.39, 0.29) is 36.0 Å². The van der Waals surface area contributed by atoms with Gasteiger partial charge in [-0.1, -0.05) is 6.07 Å². The number of ketones is 1. The van der Waals surface area contributed by atoms with Gasteiger partial charge in [0.05, 0.1) is 25.9 Å². The fraction of sp³-hybridized carbons (Fsp3) is 0.292. The molecule has 0 bridgehead atoms. The number of aliphatic carboxylic acids is 1. The number of fused-ring (bicyclic) bond motifs is 1. The van der Waals surface area contributed by atoms with Crippen LogP contribution in [-0.4, -0.2) is 72.3 Å². The van der Waals surface area contributed by atoms with Gasteiger partial charge in [-0.3, -0.25) is 9.59 Å². The topological polar surface area (TPSA) is 132 Å². The lowest BCUT2D eigenvalue weighted by atomic mass is 10.1. The Hall–Kier alpha value is -4.05. The molecule has 10 heteroatoms. The van der Waals surface area contributed by atoms with E-state index in [0.717, 1.165) is 4.90 Å². The van der Waals surface area contributed by atoms with Crippen molar-refractivity contribution in [1.82, 2.24) is 4.90 Å². The molecular formula is C24H23NO9. The van der Waals surface area contributed by atoms with Gasteiger partial charge in [0.15, 0.2) is 23.9 Å². The summed E-state index contributed by atoms with van der Waals surface area (Å²) in [7, 11) is 3.05. The second kappa shape index (κ2) is 9.44. The van der Waals surface area contributed by atoms with Gasteiger partial charge in [-0.2, -0.15) is 0 Å². The van der Waals surface area contributed by atoms with E-state index in [1.54, 1.807) is 24.3 Å². The van der Waals surface area contributed by atoms with Crippen molar-refractivity contribution in [3.63, 3.8) is 0 Å². The van der Waals surface area contributed by atoms with Gasteiger partial charge >= 0.3 is 5.97 Å². The van der Waals surface area contributed by atoms with Crippen LogP contribution in [0.15, 0.2) is 42.2 Å². The molecule has 0 spiro atoms. The van der Waals surface area contributed by atoms with Crippen molar-refractivity contribution in [2.24, 2.45) is 0 Å². The Balaban J connectivity index is 1.45. The van der Waals surface area contributed by atoms with Crippen molar-refractivity contribution in [3.8, 4) is 23.0 Å². The molecule has 0 unspecified atom stereocenters. The van der Waals surface area contributed by atoms with Gasteiger partial charge in [0, 0.05) is 19.0 Å². The van der Waals surface area contributed by atoms with Crippen LogP contribution >= 0.6 is 0 Å². The highest BCUT2D eigenvalue weighted by Gasteiger charge is 2.39. The lowest BCUT2D eigenvalue weighted by Gasteiger charge is -2.21. The number of carboxylic acid groups (broad SMARTS) is 1. The second-order valence-corrected chi connectivity index (χ2v) is 7.79. The molecule has 0 radical (unpaired) electrons. The van der Waals surface area contributed by atoms with Crippen LogP contribution in [0.1, 0.15) is 22.3 Å². The largest absolute Gasteiger partial charge is 0.493 e. The Bertz CT molecular complexity index is 1170. The maximum Gasteiger partial charge on any atom is 0.326 e. The molecule has 2 aliphatic heterocycles. The van der Waals surface area contributed by atoms with Crippen LogP contribution in [0, 0.1) is 0 Å². The van der Waals surface area contributed by atoms with E-state index in [1.807, 2.05) is 0 Å². The zero-order chi connectivity index (χ0) is 24.4. The number of carboxylic acids is 1. The summed E-state index contributed by atoms with van der Waals surface area (Å²) in [6, 6.07) is 8.65. The van der Waals surface area contributed by atoms with Gasteiger partial charge in [-0.05, 0) is 35.9 Å². The molecule has 0 saturated carbocycles. The van der Waals surface area contributed by atoms with E-state index >= 15 is 0 Å². The lowest BCUT2D eigenvalue weighted by Crippen LogP contribution is -2.42. The summed E-state index contributed by atoms with van der Waals surface area (Å²) < 4.78 is 21.7. The first-order valence-electron chi connectivity index (χ1n) is 10.4. The highest BCUT2D eigenvalue weighted by molar-refractivity contribution is 6.14. The molecule has 2 N–H and O–H groups in total. The van der Waals surface area contributed by atoms with Gasteiger partial charge in [0.2, 0.25) is 5.78 Å². The van der Waals surface area contributed by atoms with Gasteiger partial charge in [-0.25, -0.2) is 4.79 Å². The third-order valence-corrected chi connectivity index (χ3v) is 5.59. The number of β-amino-alcohol motifs (C(OH)–C–C–N with tert-alkyl or cyclic N) is 1. The third-order valence-electron chi connectivity index (χ3n) is 5.59. The summed E-state index contributed by atoms with van der Waals surface area (Å²) in [5.41, 5.74) is 1.02. The molecule has 2 aromatic rings. The Kier molecular flexibility index (Phi) is 6.42. The van der Waals surface area contributed by atoms with Crippen LogP contribution in [0.5, 0.6) is 23.0 Å². The average Bonchev–Trinajstić information content (AvgIpc) is 3.37. The predicted molar refractivity (Wildman–Crippen MR) is 118 cm³/mol. The van der Waals surface area contributed by atoms with Crippen molar-refractivity contribution in [2.75, 3.05) is 27.4 Å². The molecule has 0 aromatic heterocycles. The number of hydrogen-bond donors (Lipinski definition) is 2. The summed E-state index contributed by atoms with van der Waals surface area (Å²) in [6.45, 7) is -0.483. The maximum atomic E-state index is 12.7. The minimum absolute atomic E-state index is 0.0228. The number of nitrogens with zero attached hydrogens (tertiary/aromatic N) is 1. The van der Waals surface area contributed by atoms with Gasteiger partial charge < -0.3 is 34.1 Å². The van der Waals surface area contributed by atoms with E-state index in [0.29, 0.717) is 22.6 Å². The highest BCUT2D eigenvalue weighted by Crippen LogP contribution is 2.36. The summed E-state index contributed by atoms with van der Waals surface area (Å²) in [5.74, 6) is -0.301. The first-order valence-corrected chi connectivity index (χ1v) is 10.4. The van der Waals surface area contributed by atoms with E-state index in [9.17, 15) is 24.6 Å². The third kappa shape index (κ3) is 4.53. The summed E-state index contributed by atoms with van der Waals surface area (Å²) in [6.07, 6.45) is 0.671. The summed E-state index contributed by atoms with van der Waals surface area (Å²) >= 11 is 0. The van der Waals surface area contributed by atoms with Gasteiger partial charge in [0.25, 0.3) is 5.91 Å².